The fraction of sp³-hybridized carbons (Fsp3) is 0.882. The highest BCUT2D eigenvalue weighted by molar-refractivity contribution is 5.74. The van der Waals surface area contributed by atoms with Crippen LogP contribution in [0.25, 0.3) is 0 Å². The quantitative estimate of drug-likeness (QED) is 0.694. The Kier molecular flexibility index (Phi) is 6.67. The van der Waals surface area contributed by atoms with Gasteiger partial charge in [0.05, 0.1) is 16.9 Å². The maximum Gasteiger partial charge on any atom is 0.309 e. The molecule has 1 fully saturated rings. The van der Waals surface area contributed by atoms with Gasteiger partial charge < -0.3 is 10.0 Å². The fourth-order valence-corrected chi connectivity index (χ4v) is 3.21. The van der Waals surface area contributed by atoms with E-state index in [2.05, 4.69) is 17.9 Å². The summed E-state index contributed by atoms with van der Waals surface area (Å²) in [4.78, 5) is 13.9. The summed E-state index contributed by atoms with van der Waals surface area (Å²) in [5.74, 6) is -0.611. The maximum atomic E-state index is 11.5. The topological polar surface area (TPSA) is 64.3 Å². The Morgan fingerprint density at radius 2 is 1.95 bits per heavy atom. The number of nitrogens with zero attached hydrogens (tertiary/aromatic N) is 2. The normalized spacial score (nSPS) is 19.1. The van der Waals surface area contributed by atoms with E-state index in [1.54, 1.807) is 0 Å². The molecule has 0 aromatic carbocycles. The molecule has 1 aliphatic rings. The van der Waals surface area contributed by atoms with Gasteiger partial charge in [-0.1, -0.05) is 19.8 Å². The van der Waals surface area contributed by atoms with E-state index in [1.807, 2.05) is 13.8 Å². The van der Waals surface area contributed by atoms with Crippen molar-refractivity contribution in [1.82, 2.24) is 4.90 Å². The molecule has 1 N–H and O–H groups in total. The molecule has 21 heavy (non-hydrogen) atoms. The van der Waals surface area contributed by atoms with Gasteiger partial charge in [-0.05, 0) is 65.6 Å². The van der Waals surface area contributed by atoms with Crippen molar-refractivity contribution >= 4 is 5.97 Å². The van der Waals surface area contributed by atoms with Crippen LogP contribution in [0.3, 0.4) is 0 Å². The van der Waals surface area contributed by atoms with Gasteiger partial charge in [-0.25, -0.2) is 0 Å². The number of hydrogen-bond donors (Lipinski definition) is 1. The van der Waals surface area contributed by atoms with Gasteiger partial charge in [-0.2, -0.15) is 5.26 Å². The number of carbonyl (C=O) groups is 1. The lowest BCUT2D eigenvalue weighted by molar-refractivity contribution is -0.152. The minimum absolute atomic E-state index is 0.221. The molecule has 1 heterocycles. The second-order valence-electron chi connectivity index (χ2n) is 7.13. The molecule has 1 aliphatic heterocycles. The highest BCUT2D eigenvalue weighted by Crippen LogP contribution is 2.36. The predicted molar refractivity (Wildman–Crippen MR) is 83.9 cm³/mol. The van der Waals surface area contributed by atoms with E-state index in [1.165, 1.54) is 0 Å². The molecule has 0 aliphatic carbocycles. The third kappa shape index (κ3) is 5.32. The largest absolute Gasteiger partial charge is 0.481 e. The Bertz CT molecular complexity index is 377. The summed E-state index contributed by atoms with van der Waals surface area (Å²) in [7, 11) is 0. The van der Waals surface area contributed by atoms with Gasteiger partial charge >= 0.3 is 5.97 Å². The second-order valence-corrected chi connectivity index (χ2v) is 7.13. The van der Waals surface area contributed by atoms with Crippen molar-refractivity contribution in [1.29, 1.82) is 5.26 Å². The van der Waals surface area contributed by atoms with Gasteiger partial charge in [-0.15, -0.1) is 0 Å². The van der Waals surface area contributed by atoms with Crippen LogP contribution in [0.1, 0.15) is 65.7 Å². The third-order valence-corrected chi connectivity index (χ3v) is 4.82. The van der Waals surface area contributed by atoms with Crippen molar-refractivity contribution in [2.45, 2.75) is 65.7 Å². The molecule has 0 radical (unpaired) electrons. The van der Waals surface area contributed by atoms with Crippen LogP contribution in [0.15, 0.2) is 0 Å². The lowest BCUT2D eigenvalue weighted by Gasteiger charge is -2.39. The summed E-state index contributed by atoms with van der Waals surface area (Å²) in [6, 6.07) is 2.34. The minimum Gasteiger partial charge on any atom is -0.481 e. The van der Waals surface area contributed by atoms with Gasteiger partial charge in [0, 0.05) is 0 Å². The maximum absolute atomic E-state index is 11.5. The fourth-order valence-electron chi connectivity index (χ4n) is 3.21. The molecule has 0 unspecified atom stereocenters. The average molecular weight is 294 g/mol. The molecule has 1 saturated heterocycles. The first kappa shape index (κ1) is 18.0. The molecular formula is C17H30N2O2. The molecule has 0 amide bonds. The predicted octanol–water partition coefficient (Wildman–Crippen LogP) is 3.67. The van der Waals surface area contributed by atoms with Crippen molar-refractivity contribution in [2.75, 3.05) is 19.6 Å². The van der Waals surface area contributed by atoms with Crippen LogP contribution in [0, 0.1) is 22.2 Å². The van der Waals surface area contributed by atoms with Crippen molar-refractivity contribution in [2.24, 2.45) is 10.8 Å². The zero-order valence-corrected chi connectivity index (χ0v) is 13.8. The van der Waals surface area contributed by atoms with Crippen LogP contribution < -0.4 is 0 Å². The Balaban J connectivity index is 2.30. The Hall–Kier alpha value is -1.08. The van der Waals surface area contributed by atoms with Crippen LogP contribution >= 0.6 is 0 Å². The molecule has 1 rings (SSSR count). The highest BCUT2D eigenvalue weighted by Gasteiger charge is 2.40. The molecule has 0 spiro atoms. The van der Waals surface area contributed by atoms with Crippen LogP contribution in [-0.2, 0) is 4.79 Å². The lowest BCUT2D eigenvalue weighted by Crippen LogP contribution is -2.44. The van der Waals surface area contributed by atoms with E-state index in [9.17, 15) is 9.90 Å². The highest BCUT2D eigenvalue weighted by atomic mass is 16.4. The number of rotatable bonds is 8. The van der Waals surface area contributed by atoms with Gasteiger partial charge in [0.1, 0.15) is 0 Å². The molecule has 4 nitrogen and oxygen atoms in total. The van der Waals surface area contributed by atoms with E-state index >= 15 is 0 Å². The number of piperidine rings is 1. The number of carboxylic acid groups (broad SMARTS) is 1. The average Bonchev–Trinajstić information content (AvgIpc) is 2.45. The van der Waals surface area contributed by atoms with Crippen molar-refractivity contribution in [3.63, 3.8) is 0 Å². The standard InChI is InChI=1S/C17H30N2O2/c1-4-7-17(15(20)21)9-12-19(13-10-17)11-6-5-8-16(2,3)14-18/h4-13H2,1-3H3,(H,20,21). The van der Waals surface area contributed by atoms with E-state index in [0.717, 1.165) is 64.6 Å². The number of carboxylic acids is 1. The van der Waals surface area contributed by atoms with E-state index < -0.39 is 11.4 Å². The summed E-state index contributed by atoms with van der Waals surface area (Å²) in [6.45, 7) is 8.86. The molecule has 0 bridgehead atoms. The molecule has 0 atom stereocenters. The first-order valence-corrected chi connectivity index (χ1v) is 8.22. The Morgan fingerprint density at radius 1 is 1.33 bits per heavy atom. The van der Waals surface area contributed by atoms with Crippen LogP contribution in [0.5, 0.6) is 0 Å². The second kappa shape index (κ2) is 7.79. The molecule has 120 valence electrons. The van der Waals surface area contributed by atoms with E-state index in [0.29, 0.717) is 0 Å². The summed E-state index contributed by atoms with van der Waals surface area (Å²) < 4.78 is 0. The number of hydrogen-bond acceptors (Lipinski definition) is 3. The molecule has 4 heteroatoms. The van der Waals surface area contributed by atoms with Crippen molar-refractivity contribution in [3.8, 4) is 6.07 Å². The van der Waals surface area contributed by atoms with Crippen molar-refractivity contribution in [3.05, 3.63) is 0 Å². The number of nitriles is 1. The van der Waals surface area contributed by atoms with Gasteiger partial charge in [0.25, 0.3) is 0 Å². The molecule has 0 aromatic heterocycles. The first-order valence-electron chi connectivity index (χ1n) is 8.22. The van der Waals surface area contributed by atoms with E-state index in [-0.39, 0.29) is 5.41 Å². The van der Waals surface area contributed by atoms with Gasteiger partial charge in [-0.3, -0.25) is 4.79 Å². The van der Waals surface area contributed by atoms with Crippen LogP contribution in [0.4, 0.5) is 0 Å². The summed E-state index contributed by atoms with van der Waals surface area (Å²) in [6.07, 6.45) is 6.39. The van der Waals surface area contributed by atoms with Crippen LogP contribution in [0.2, 0.25) is 0 Å². The summed E-state index contributed by atoms with van der Waals surface area (Å²) in [5, 5.41) is 18.5. The Labute approximate surface area is 129 Å². The SMILES string of the molecule is CCCC1(C(=O)O)CCN(CCCCC(C)(C)C#N)CC1. The smallest absolute Gasteiger partial charge is 0.309 e. The van der Waals surface area contributed by atoms with Crippen molar-refractivity contribution < 1.29 is 9.90 Å². The molecule has 0 aromatic rings. The molecule has 0 saturated carbocycles. The number of unbranched alkanes of at least 4 members (excludes halogenated alkanes) is 1. The summed E-state index contributed by atoms with van der Waals surface area (Å²) in [5.41, 5.74) is -0.699. The van der Waals surface area contributed by atoms with Gasteiger partial charge in [0.15, 0.2) is 0 Å². The lowest BCUT2D eigenvalue weighted by atomic mass is 9.75. The van der Waals surface area contributed by atoms with Crippen LogP contribution in [-0.4, -0.2) is 35.6 Å². The number of likely N-dealkylation sites (tertiary alicyclic amines) is 1. The van der Waals surface area contributed by atoms with Gasteiger partial charge in [0.2, 0.25) is 0 Å². The first-order chi connectivity index (χ1) is 9.85. The molecular weight excluding hydrogens is 264 g/mol. The third-order valence-electron chi connectivity index (χ3n) is 4.82. The monoisotopic (exact) mass is 294 g/mol. The minimum atomic E-state index is -0.611. The zero-order chi connectivity index (χ0) is 15.9. The zero-order valence-electron chi connectivity index (χ0n) is 13.8. The Morgan fingerprint density at radius 3 is 2.43 bits per heavy atom. The van der Waals surface area contributed by atoms with E-state index in [4.69, 9.17) is 5.26 Å². The number of aliphatic carboxylic acids is 1. The summed E-state index contributed by atoms with van der Waals surface area (Å²) >= 11 is 0.